The Morgan fingerprint density at radius 1 is 1.39 bits per heavy atom. The fourth-order valence-electron chi connectivity index (χ4n) is 2.46. The number of nitrogens with zero attached hydrogens (tertiary/aromatic N) is 3. The molecule has 1 N–H and O–H groups in total. The standard InChI is InChI=1S/C15H11Cl2N3O3/c1-7(14(22)23)20-6-9-3-2-8(4-10(9)13(20)21)12-11(16)5-18-15(17)19-12/h2-5,7H,6H2,1H3,(H,22,23)/t7-/m0/s1. The van der Waals surface area contributed by atoms with Crippen LogP contribution < -0.4 is 0 Å². The number of carbonyl (C=O) groups excluding carboxylic acids is 1. The zero-order chi connectivity index (χ0) is 16.7. The molecule has 1 amide bonds. The van der Waals surface area contributed by atoms with E-state index in [2.05, 4.69) is 9.97 Å². The van der Waals surface area contributed by atoms with E-state index in [4.69, 9.17) is 28.3 Å². The highest BCUT2D eigenvalue weighted by atomic mass is 35.5. The number of hydrogen-bond donors (Lipinski definition) is 1. The lowest BCUT2D eigenvalue weighted by Crippen LogP contribution is -2.38. The summed E-state index contributed by atoms with van der Waals surface area (Å²) < 4.78 is 0. The van der Waals surface area contributed by atoms with Gasteiger partial charge in [-0.3, -0.25) is 4.79 Å². The Hall–Kier alpha value is -2.18. The van der Waals surface area contributed by atoms with E-state index in [1.54, 1.807) is 18.2 Å². The molecule has 0 fully saturated rings. The minimum absolute atomic E-state index is 0.0531. The molecule has 118 valence electrons. The smallest absolute Gasteiger partial charge is 0.326 e. The maximum atomic E-state index is 12.4. The number of carboxylic acids is 1. The SMILES string of the molecule is C[C@@H](C(=O)O)N1Cc2ccc(-c3nc(Cl)ncc3Cl)cc2C1=O. The summed E-state index contributed by atoms with van der Waals surface area (Å²) in [6.45, 7) is 1.74. The molecule has 1 atom stereocenters. The summed E-state index contributed by atoms with van der Waals surface area (Å²) in [5.41, 5.74) is 2.26. The highest BCUT2D eigenvalue weighted by Gasteiger charge is 2.34. The van der Waals surface area contributed by atoms with Crippen LogP contribution in [0.5, 0.6) is 0 Å². The van der Waals surface area contributed by atoms with E-state index >= 15 is 0 Å². The fourth-order valence-corrected chi connectivity index (χ4v) is 2.80. The molecular formula is C15H11Cl2N3O3. The van der Waals surface area contributed by atoms with Crippen LogP contribution >= 0.6 is 23.2 Å². The molecule has 23 heavy (non-hydrogen) atoms. The van der Waals surface area contributed by atoms with Gasteiger partial charge in [0.15, 0.2) is 0 Å². The van der Waals surface area contributed by atoms with Crippen LogP contribution in [0.2, 0.25) is 10.3 Å². The zero-order valence-electron chi connectivity index (χ0n) is 12.0. The lowest BCUT2D eigenvalue weighted by Gasteiger charge is -2.19. The van der Waals surface area contributed by atoms with Crippen molar-refractivity contribution in [2.45, 2.75) is 19.5 Å². The maximum Gasteiger partial charge on any atom is 0.326 e. The number of halogens is 2. The van der Waals surface area contributed by atoms with E-state index in [1.165, 1.54) is 18.0 Å². The van der Waals surface area contributed by atoms with Gasteiger partial charge in [-0.05, 0) is 30.2 Å². The first-order chi connectivity index (χ1) is 10.9. The minimum atomic E-state index is -1.04. The first kappa shape index (κ1) is 15.7. The summed E-state index contributed by atoms with van der Waals surface area (Å²) >= 11 is 11.9. The Kier molecular flexibility index (Phi) is 3.95. The number of rotatable bonds is 3. The summed E-state index contributed by atoms with van der Waals surface area (Å²) in [5, 5.41) is 9.46. The monoisotopic (exact) mass is 351 g/mol. The van der Waals surface area contributed by atoms with Crippen molar-refractivity contribution in [3.63, 3.8) is 0 Å². The van der Waals surface area contributed by atoms with Gasteiger partial charge in [-0.1, -0.05) is 23.7 Å². The average Bonchev–Trinajstić information content (AvgIpc) is 2.85. The van der Waals surface area contributed by atoms with Crippen LogP contribution in [0, 0.1) is 0 Å². The van der Waals surface area contributed by atoms with Gasteiger partial charge in [0.25, 0.3) is 5.91 Å². The van der Waals surface area contributed by atoms with Gasteiger partial charge in [0.2, 0.25) is 5.28 Å². The molecule has 0 saturated carbocycles. The second kappa shape index (κ2) is 5.79. The topological polar surface area (TPSA) is 83.4 Å². The van der Waals surface area contributed by atoms with Gasteiger partial charge in [0.05, 0.1) is 16.9 Å². The Balaban J connectivity index is 2.01. The number of carbonyl (C=O) groups is 2. The number of aliphatic carboxylic acids is 1. The molecular weight excluding hydrogens is 341 g/mol. The first-order valence-corrected chi connectivity index (χ1v) is 7.49. The van der Waals surface area contributed by atoms with E-state index in [-0.39, 0.29) is 17.7 Å². The highest BCUT2D eigenvalue weighted by molar-refractivity contribution is 6.33. The molecule has 1 aliphatic heterocycles. The van der Waals surface area contributed by atoms with Crippen LogP contribution in [0.25, 0.3) is 11.3 Å². The molecule has 6 nitrogen and oxygen atoms in total. The minimum Gasteiger partial charge on any atom is -0.480 e. The van der Waals surface area contributed by atoms with Crippen molar-refractivity contribution in [2.75, 3.05) is 0 Å². The second-order valence-electron chi connectivity index (χ2n) is 5.15. The second-order valence-corrected chi connectivity index (χ2v) is 5.90. The van der Waals surface area contributed by atoms with Crippen LogP contribution in [-0.4, -0.2) is 37.9 Å². The Labute approximate surface area is 141 Å². The number of amides is 1. The number of carboxylic acid groups (broad SMARTS) is 1. The summed E-state index contributed by atoms with van der Waals surface area (Å²) in [5.74, 6) is -1.37. The van der Waals surface area contributed by atoms with Crippen LogP contribution in [0.3, 0.4) is 0 Å². The van der Waals surface area contributed by atoms with E-state index in [0.717, 1.165) is 5.56 Å². The van der Waals surface area contributed by atoms with E-state index in [0.29, 0.717) is 21.8 Å². The van der Waals surface area contributed by atoms with Gasteiger partial charge in [-0.15, -0.1) is 0 Å². The summed E-state index contributed by atoms with van der Waals surface area (Å²) in [7, 11) is 0. The third-order valence-electron chi connectivity index (χ3n) is 3.75. The van der Waals surface area contributed by atoms with Crippen molar-refractivity contribution in [3.05, 3.63) is 45.8 Å². The summed E-state index contributed by atoms with van der Waals surface area (Å²) in [6.07, 6.45) is 1.39. The molecule has 0 bridgehead atoms. The lowest BCUT2D eigenvalue weighted by molar-refractivity contribution is -0.141. The van der Waals surface area contributed by atoms with E-state index < -0.39 is 12.0 Å². The zero-order valence-corrected chi connectivity index (χ0v) is 13.5. The molecule has 2 heterocycles. The Morgan fingerprint density at radius 2 is 2.13 bits per heavy atom. The van der Waals surface area contributed by atoms with Crippen LogP contribution in [-0.2, 0) is 11.3 Å². The molecule has 0 saturated heterocycles. The molecule has 0 spiro atoms. The molecule has 0 radical (unpaired) electrons. The van der Waals surface area contributed by atoms with E-state index in [9.17, 15) is 9.59 Å². The largest absolute Gasteiger partial charge is 0.480 e. The Morgan fingerprint density at radius 3 is 2.83 bits per heavy atom. The number of aromatic nitrogens is 2. The van der Waals surface area contributed by atoms with Gasteiger partial charge in [-0.25, -0.2) is 14.8 Å². The predicted molar refractivity (Wildman–Crippen MR) is 84.5 cm³/mol. The van der Waals surface area contributed by atoms with Gasteiger partial charge in [0.1, 0.15) is 6.04 Å². The van der Waals surface area contributed by atoms with Crippen LogP contribution in [0.4, 0.5) is 0 Å². The first-order valence-electron chi connectivity index (χ1n) is 6.73. The number of fused-ring (bicyclic) bond motifs is 1. The fraction of sp³-hybridized carbons (Fsp3) is 0.200. The van der Waals surface area contributed by atoms with Crippen molar-refractivity contribution in [1.82, 2.24) is 14.9 Å². The average molecular weight is 352 g/mol. The van der Waals surface area contributed by atoms with Crippen LogP contribution in [0.1, 0.15) is 22.8 Å². The molecule has 3 rings (SSSR count). The van der Waals surface area contributed by atoms with Crippen molar-refractivity contribution in [3.8, 4) is 11.3 Å². The van der Waals surface area contributed by atoms with Crippen LogP contribution in [0.15, 0.2) is 24.4 Å². The molecule has 0 aliphatic carbocycles. The Bertz CT molecular complexity index is 826. The van der Waals surface area contributed by atoms with Crippen molar-refractivity contribution < 1.29 is 14.7 Å². The third-order valence-corrected chi connectivity index (χ3v) is 4.21. The van der Waals surface area contributed by atoms with Crippen molar-refractivity contribution in [1.29, 1.82) is 0 Å². The molecule has 1 aliphatic rings. The molecule has 2 aromatic rings. The number of benzene rings is 1. The van der Waals surface area contributed by atoms with Gasteiger partial charge < -0.3 is 10.0 Å². The lowest BCUT2D eigenvalue weighted by atomic mass is 10.0. The van der Waals surface area contributed by atoms with Gasteiger partial charge in [-0.2, -0.15) is 0 Å². The summed E-state index contributed by atoms with van der Waals surface area (Å²) in [4.78, 5) is 32.7. The van der Waals surface area contributed by atoms with Gasteiger partial charge >= 0.3 is 5.97 Å². The normalized spacial score (nSPS) is 14.7. The maximum absolute atomic E-state index is 12.4. The molecule has 8 heteroatoms. The number of hydrogen-bond acceptors (Lipinski definition) is 4. The quantitative estimate of drug-likeness (QED) is 0.859. The third kappa shape index (κ3) is 2.75. The van der Waals surface area contributed by atoms with Crippen molar-refractivity contribution in [2.24, 2.45) is 0 Å². The molecule has 0 unspecified atom stereocenters. The van der Waals surface area contributed by atoms with E-state index in [1.807, 2.05) is 0 Å². The summed E-state index contributed by atoms with van der Waals surface area (Å²) in [6, 6.07) is 4.29. The molecule has 1 aromatic carbocycles. The highest BCUT2D eigenvalue weighted by Crippen LogP contribution is 2.32. The van der Waals surface area contributed by atoms with Gasteiger partial charge in [0, 0.05) is 17.7 Å². The predicted octanol–water partition coefficient (Wildman–Crippen LogP) is 2.88. The molecule has 1 aromatic heterocycles. The van der Waals surface area contributed by atoms with Crippen molar-refractivity contribution >= 4 is 35.1 Å².